The molecule has 0 radical (unpaired) electrons. The third-order valence-corrected chi connectivity index (χ3v) is 4.30. The lowest BCUT2D eigenvalue weighted by atomic mass is 10.2. The van der Waals surface area contributed by atoms with Crippen molar-refractivity contribution < 1.29 is 4.79 Å². The summed E-state index contributed by atoms with van der Waals surface area (Å²) in [6.07, 6.45) is 0. The summed E-state index contributed by atoms with van der Waals surface area (Å²) in [6.45, 7) is 9.09. The fourth-order valence-corrected chi connectivity index (χ4v) is 3.16. The second-order valence-corrected chi connectivity index (χ2v) is 5.76. The number of aryl methyl sites for hydroxylation is 1. The van der Waals surface area contributed by atoms with Gasteiger partial charge in [0.1, 0.15) is 0 Å². The molecule has 116 valence electrons. The van der Waals surface area contributed by atoms with Crippen molar-refractivity contribution in [2.24, 2.45) is 0 Å². The summed E-state index contributed by atoms with van der Waals surface area (Å²) in [5, 5.41) is 4.70. The Morgan fingerprint density at radius 3 is 2.27 bits per heavy atom. The van der Waals surface area contributed by atoms with Crippen LogP contribution in [0.2, 0.25) is 0 Å². The number of benzene rings is 1. The van der Waals surface area contributed by atoms with Gasteiger partial charge in [0.2, 0.25) is 5.91 Å². The van der Waals surface area contributed by atoms with Crippen LogP contribution in [-0.4, -0.2) is 46.8 Å². The van der Waals surface area contributed by atoms with Crippen LogP contribution in [0.4, 0.5) is 5.69 Å². The Kier molecular flexibility index (Phi) is 3.88. The van der Waals surface area contributed by atoms with E-state index in [0.29, 0.717) is 0 Å². The predicted octanol–water partition coefficient (Wildman–Crippen LogP) is 2.16. The van der Waals surface area contributed by atoms with Gasteiger partial charge >= 0.3 is 0 Å². The van der Waals surface area contributed by atoms with E-state index in [2.05, 4.69) is 30.9 Å². The largest absolute Gasteiger partial charge is 0.365 e. The summed E-state index contributed by atoms with van der Waals surface area (Å²) in [5.74, 6) is 0.160. The normalized spacial score (nSPS) is 15.2. The summed E-state index contributed by atoms with van der Waals surface area (Å²) in [6, 6.07) is 10.2. The zero-order valence-electron chi connectivity index (χ0n) is 13.4. The molecule has 1 saturated heterocycles. The number of aromatic nitrogens is 2. The molecule has 1 aliphatic rings. The first-order chi connectivity index (χ1) is 10.6. The highest BCUT2D eigenvalue weighted by Crippen LogP contribution is 2.27. The van der Waals surface area contributed by atoms with Gasteiger partial charge in [-0.25, -0.2) is 4.68 Å². The molecule has 1 aromatic heterocycles. The molecule has 3 rings (SSSR count). The number of hydrogen-bond acceptors (Lipinski definition) is 3. The van der Waals surface area contributed by atoms with Gasteiger partial charge in [-0.2, -0.15) is 5.10 Å². The van der Waals surface area contributed by atoms with Gasteiger partial charge in [0.15, 0.2) is 0 Å². The number of piperazine rings is 1. The SMILES string of the molecule is CC(=O)N1CCN(c2c(C)nn(-c3ccccc3)c2C)CC1. The van der Waals surface area contributed by atoms with Crippen LogP contribution in [0.25, 0.3) is 5.69 Å². The van der Waals surface area contributed by atoms with Crippen molar-refractivity contribution >= 4 is 11.6 Å². The molecule has 5 heteroatoms. The van der Waals surface area contributed by atoms with Crippen LogP contribution in [0.3, 0.4) is 0 Å². The lowest BCUT2D eigenvalue weighted by Crippen LogP contribution is -2.48. The summed E-state index contributed by atoms with van der Waals surface area (Å²) in [4.78, 5) is 15.7. The maximum atomic E-state index is 11.5. The van der Waals surface area contributed by atoms with Gasteiger partial charge in [-0.1, -0.05) is 18.2 Å². The van der Waals surface area contributed by atoms with Crippen molar-refractivity contribution in [3.8, 4) is 5.69 Å². The molecular formula is C17H22N4O. The lowest BCUT2D eigenvalue weighted by molar-refractivity contribution is -0.129. The molecule has 0 bridgehead atoms. The fourth-order valence-electron chi connectivity index (χ4n) is 3.16. The Balaban J connectivity index is 1.87. The number of rotatable bonds is 2. The molecule has 0 N–H and O–H groups in total. The van der Waals surface area contributed by atoms with E-state index in [9.17, 15) is 4.79 Å². The first kappa shape index (κ1) is 14.6. The molecule has 0 spiro atoms. The van der Waals surface area contributed by atoms with Gasteiger partial charge in [-0.05, 0) is 26.0 Å². The van der Waals surface area contributed by atoms with Crippen LogP contribution in [0.15, 0.2) is 30.3 Å². The van der Waals surface area contributed by atoms with E-state index < -0.39 is 0 Å². The van der Waals surface area contributed by atoms with Crippen molar-refractivity contribution in [3.05, 3.63) is 41.7 Å². The minimum Gasteiger partial charge on any atom is -0.365 e. The molecule has 22 heavy (non-hydrogen) atoms. The number of carbonyl (C=O) groups excluding carboxylic acids is 1. The summed E-state index contributed by atoms with van der Waals surface area (Å²) < 4.78 is 2.00. The standard InChI is InChI=1S/C17H22N4O/c1-13-17(20-11-9-19(10-12-20)15(3)22)14(2)21(18-13)16-7-5-4-6-8-16/h4-8H,9-12H2,1-3H3. The third-order valence-electron chi connectivity index (χ3n) is 4.30. The second-order valence-electron chi connectivity index (χ2n) is 5.76. The zero-order valence-corrected chi connectivity index (χ0v) is 13.4. The van der Waals surface area contributed by atoms with Crippen LogP contribution in [0, 0.1) is 13.8 Å². The molecule has 0 aliphatic carbocycles. The van der Waals surface area contributed by atoms with Gasteiger partial charge in [0.25, 0.3) is 0 Å². The smallest absolute Gasteiger partial charge is 0.219 e. The van der Waals surface area contributed by atoms with E-state index in [-0.39, 0.29) is 5.91 Å². The number of amides is 1. The van der Waals surface area contributed by atoms with Gasteiger partial charge < -0.3 is 9.80 Å². The topological polar surface area (TPSA) is 41.4 Å². The zero-order chi connectivity index (χ0) is 15.7. The highest BCUT2D eigenvalue weighted by Gasteiger charge is 2.24. The molecule has 1 aromatic carbocycles. The monoisotopic (exact) mass is 298 g/mol. The van der Waals surface area contributed by atoms with Gasteiger partial charge in [0, 0.05) is 33.1 Å². The van der Waals surface area contributed by atoms with Crippen LogP contribution in [-0.2, 0) is 4.79 Å². The van der Waals surface area contributed by atoms with E-state index in [1.165, 1.54) is 5.69 Å². The van der Waals surface area contributed by atoms with Gasteiger partial charge in [0.05, 0.1) is 22.8 Å². The molecule has 2 heterocycles. The van der Waals surface area contributed by atoms with E-state index in [1.807, 2.05) is 27.8 Å². The second kappa shape index (κ2) is 5.83. The Labute approximate surface area is 131 Å². The highest BCUT2D eigenvalue weighted by atomic mass is 16.2. The molecular weight excluding hydrogens is 276 g/mol. The average molecular weight is 298 g/mol. The fraction of sp³-hybridized carbons (Fsp3) is 0.412. The first-order valence-electron chi connectivity index (χ1n) is 7.70. The number of anilines is 1. The first-order valence-corrected chi connectivity index (χ1v) is 7.70. The molecule has 1 aliphatic heterocycles. The summed E-state index contributed by atoms with van der Waals surface area (Å²) >= 11 is 0. The predicted molar refractivity (Wildman–Crippen MR) is 87.5 cm³/mol. The van der Waals surface area contributed by atoms with Crippen LogP contribution in [0.1, 0.15) is 18.3 Å². The van der Waals surface area contributed by atoms with Crippen LogP contribution in [0.5, 0.6) is 0 Å². The van der Waals surface area contributed by atoms with Crippen molar-refractivity contribution in [1.29, 1.82) is 0 Å². The van der Waals surface area contributed by atoms with Crippen molar-refractivity contribution in [2.45, 2.75) is 20.8 Å². The minimum atomic E-state index is 0.160. The van der Waals surface area contributed by atoms with Crippen molar-refractivity contribution in [1.82, 2.24) is 14.7 Å². The highest BCUT2D eigenvalue weighted by molar-refractivity contribution is 5.73. The quantitative estimate of drug-likeness (QED) is 0.853. The maximum absolute atomic E-state index is 11.5. The van der Waals surface area contributed by atoms with Crippen LogP contribution >= 0.6 is 0 Å². The number of hydrogen-bond donors (Lipinski definition) is 0. The average Bonchev–Trinajstić information content (AvgIpc) is 2.83. The van der Waals surface area contributed by atoms with Crippen molar-refractivity contribution in [2.75, 3.05) is 31.1 Å². The molecule has 0 unspecified atom stereocenters. The Hall–Kier alpha value is -2.30. The van der Waals surface area contributed by atoms with E-state index >= 15 is 0 Å². The Morgan fingerprint density at radius 2 is 1.68 bits per heavy atom. The Bertz CT molecular complexity index is 669. The van der Waals surface area contributed by atoms with E-state index in [4.69, 9.17) is 5.10 Å². The van der Waals surface area contributed by atoms with E-state index in [1.54, 1.807) is 6.92 Å². The molecule has 1 amide bonds. The third kappa shape index (κ3) is 2.58. The van der Waals surface area contributed by atoms with Gasteiger partial charge in [-0.15, -0.1) is 0 Å². The minimum absolute atomic E-state index is 0.160. The molecule has 0 atom stereocenters. The molecule has 1 fully saturated rings. The summed E-state index contributed by atoms with van der Waals surface area (Å²) in [7, 11) is 0. The van der Waals surface area contributed by atoms with Crippen molar-refractivity contribution in [3.63, 3.8) is 0 Å². The molecule has 5 nitrogen and oxygen atoms in total. The Morgan fingerprint density at radius 1 is 1.05 bits per heavy atom. The maximum Gasteiger partial charge on any atom is 0.219 e. The number of carbonyl (C=O) groups is 1. The number of nitrogens with zero attached hydrogens (tertiary/aromatic N) is 4. The summed E-state index contributed by atoms with van der Waals surface area (Å²) in [5.41, 5.74) is 4.47. The number of para-hydroxylation sites is 1. The molecule has 0 saturated carbocycles. The lowest BCUT2D eigenvalue weighted by Gasteiger charge is -2.35. The van der Waals surface area contributed by atoms with E-state index in [0.717, 1.165) is 43.3 Å². The van der Waals surface area contributed by atoms with Crippen LogP contribution < -0.4 is 4.90 Å². The molecule has 2 aromatic rings. The van der Waals surface area contributed by atoms with Gasteiger partial charge in [-0.3, -0.25) is 4.79 Å².